The first kappa shape index (κ1) is 14.5. The first-order valence-electron chi connectivity index (χ1n) is 7.44. The van der Waals surface area contributed by atoms with Crippen LogP contribution in [0.4, 0.5) is 0 Å². The van der Waals surface area contributed by atoms with E-state index in [0.717, 1.165) is 24.2 Å². The van der Waals surface area contributed by atoms with Crippen molar-refractivity contribution in [2.24, 2.45) is 5.92 Å². The van der Waals surface area contributed by atoms with Crippen LogP contribution >= 0.6 is 0 Å². The number of hydrogen-bond acceptors (Lipinski definition) is 2. The third kappa shape index (κ3) is 4.06. The molecule has 0 heterocycles. The molecule has 20 heavy (non-hydrogen) atoms. The highest BCUT2D eigenvalue weighted by Gasteiger charge is 2.21. The number of hydrogen-bond donors (Lipinski definition) is 0. The molecule has 1 fully saturated rings. The summed E-state index contributed by atoms with van der Waals surface area (Å²) in [6.07, 6.45) is 11.7. The minimum Gasteiger partial charge on any atom is -0.299 e. The quantitative estimate of drug-likeness (QED) is 0.587. The van der Waals surface area contributed by atoms with Gasteiger partial charge in [-0.3, -0.25) is 4.79 Å². The van der Waals surface area contributed by atoms with E-state index < -0.39 is 0 Å². The van der Waals surface area contributed by atoms with E-state index in [4.69, 9.17) is 5.26 Å². The highest BCUT2D eigenvalue weighted by atomic mass is 16.1. The summed E-state index contributed by atoms with van der Waals surface area (Å²) in [6, 6.07) is 10.2. The fourth-order valence-corrected chi connectivity index (χ4v) is 3.10. The van der Waals surface area contributed by atoms with Crippen LogP contribution in [-0.2, 0) is 4.79 Å². The van der Waals surface area contributed by atoms with Gasteiger partial charge < -0.3 is 0 Å². The SMILES string of the molecule is N#Cc1ccc([C@H]2CC[C@H](CCC=CC=O)CC2)cc1. The molecule has 0 amide bonds. The van der Waals surface area contributed by atoms with Crippen molar-refractivity contribution in [2.75, 3.05) is 0 Å². The average molecular weight is 267 g/mol. The Morgan fingerprint density at radius 2 is 1.85 bits per heavy atom. The van der Waals surface area contributed by atoms with E-state index in [1.807, 2.05) is 18.2 Å². The first-order valence-corrected chi connectivity index (χ1v) is 7.44. The monoisotopic (exact) mass is 267 g/mol. The molecule has 0 saturated heterocycles. The largest absolute Gasteiger partial charge is 0.299 e. The van der Waals surface area contributed by atoms with Gasteiger partial charge in [0, 0.05) is 0 Å². The lowest BCUT2D eigenvalue weighted by Crippen LogP contribution is -2.13. The lowest BCUT2D eigenvalue weighted by molar-refractivity contribution is -0.104. The number of aldehydes is 1. The summed E-state index contributed by atoms with van der Waals surface area (Å²) in [5, 5.41) is 8.82. The van der Waals surface area contributed by atoms with Gasteiger partial charge in [0.15, 0.2) is 0 Å². The highest BCUT2D eigenvalue weighted by Crippen LogP contribution is 2.37. The average Bonchev–Trinajstić information content (AvgIpc) is 2.52. The number of benzene rings is 1. The van der Waals surface area contributed by atoms with Crippen molar-refractivity contribution < 1.29 is 4.79 Å². The maximum atomic E-state index is 10.2. The number of rotatable bonds is 5. The lowest BCUT2D eigenvalue weighted by Gasteiger charge is -2.28. The van der Waals surface area contributed by atoms with Crippen molar-refractivity contribution in [1.29, 1.82) is 5.26 Å². The van der Waals surface area contributed by atoms with Gasteiger partial charge in [0.1, 0.15) is 6.29 Å². The second-order valence-electron chi connectivity index (χ2n) is 5.59. The van der Waals surface area contributed by atoms with Crippen molar-refractivity contribution in [2.45, 2.75) is 44.4 Å². The molecule has 104 valence electrons. The Morgan fingerprint density at radius 3 is 2.45 bits per heavy atom. The van der Waals surface area contributed by atoms with Crippen LogP contribution in [-0.4, -0.2) is 6.29 Å². The maximum absolute atomic E-state index is 10.2. The van der Waals surface area contributed by atoms with Gasteiger partial charge in [0.25, 0.3) is 0 Å². The van der Waals surface area contributed by atoms with Crippen LogP contribution in [0.5, 0.6) is 0 Å². The predicted molar refractivity (Wildman–Crippen MR) is 80.3 cm³/mol. The van der Waals surface area contributed by atoms with E-state index in [1.54, 1.807) is 6.08 Å². The lowest BCUT2D eigenvalue weighted by atomic mass is 9.77. The molecule has 0 unspecified atom stereocenters. The zero-order valence-corrected chi connectivity index (χ0v) is 11.8. The highest BCUT2D eigenvalue weighted by molar-refractivity contribution is 5.64. The molecule has 2 rings (SSSR count). The summed E-state index contributed by atoms with van der Waals surface area (Å²) in [7, 11) is 0. The van der Waals surface area contributed by atoms with Gasteiger partial charge >= 0.3 is 0 Å². The van der Waals surface area contributed by atoms with Crippen LogP contribution in [0.3, 0.4) is 0 Å². The number of nitrogens with zero attached hydrogens (tertiary/aromatic N) is 1. The number of carbonyl (C=O) groups is 1. The fourth-order valence-electron chi connectivity index (χ4n) is 3.10. The Morgan fingerprint density at radius 1 is 1.15 bits per heavy atom. The minimum atomic E-state index is 0.657. The zero-order chi connectivity index (χ0) is 14.2. The smallest absolute Gasteiger partial charge is 0.142 e. The molecule has 1 aromatic rings. The van der Waals surface area contributed by atoms with Crippen molar-refractivity contribution in [1.82, 2.24) is 0 Å². The summed E-state index contributed by atoms with van der Waals surface area (Å²) in [5.41, 5.74) is 2.12. The van der Waals surface area contributed by atoms with Gasteiger partial charge in [0.05, 0.1) is 11.6 Å². The van der Waals surface area contributed by atoms with Gasteiger partial charge in [-0.25, -0.2) is 0 Å². The number of allylic oxidation sites excluding steroid dienone is 2. The molecule has 0 aliphatic heterocycles. The van der Waals surface area contributed by atoms with Crippen LogP contribution in [0.15, 0.2) is 36.4 Å². The van der Waals surface area contributed by atoms with Crippen LogP contribution in [0.2, 0.25) is 0 Å². The normalized spacial score (nSPS) is 22.6. The van der Waals surface area contributed by atoms with E-state index in [1.165, 1.54) is 37.7 Å². The van der Waals surface area contributed by atoms with Gasteiger partial charge in [-0.1, -0.05) is 18.2 Å². The second-order valence-corrected chi connectivity index (χ2v) is 5.59. The molecule has 2 nitrogen and oxygen atoms in total. The molecule has 0 atom stereocenters. The summed E-state index contributed by atoms with van der Waals surface area (Å²) < 4.78 is 0. The Bertz CT molecular complexity index is 487. The van der Waals surface area contributed by atoms with Gasteiger partial charge in [-0.2, -0.15) is 5.26 Å². The van der Waals surface area contributed by atoms with Crippen molar-refractivity contribution in [3.05, 3.63) is 47.5 Å². The topological polar surface area (TPSA) is 40.9 Å². The Balaban J connectivity index is 1.80. The maximum Gasteiger partial charge on any atom is 0.142 e. The molecule has 1 saturated carbocycles. The molecular formula is C18H21NO. The Kier molecular flexibility index (Phi) is 5.55. The van der Waals surface area contributed by atoms with Crippen molar-refractivity contribution in [3.63, 3.8) is 0 Å². The van der Waals surface area contributed by atoms with E-state index in [-0.39, 0.29) is 0 Å². The molecule has 1 aliphatic carbocycles. The molecule has 0 aromatic heterocycles. The molecule has 0 bridgehead atoms. The second kappa shape index (κ2) is 7.65. The Hall–Kier alpha value is -1.88. The third-order valence-corrected chi connectivity index (χ3v) is 4.31. The molecule has 2 heteroatoms. The molecule has 0 N–H and O–H groups in total. The molecular weight excluding hydrogens is 246 g/mol. The molecule has 1 aliphatic rings. The van der Waals surface area contributed by atoms with Crippen LogP contribution in [0, 0.1) is 17.2 Å². The molecule has 1 aromatic carbocycles. The van der Waals surface area contributed by atoms with Gasteiger partial charge in [-0.15, -0.1) is 0 Å². The standard InChI is InChI=1S/C18H21NO/c19-14-16-7-11-18(12-8-16)17-9-5-15(6-10-17)4-2-1-3-13-20/h1,3,7-8,11-13,15,17H,2,4-6,9-10H2/t15-,17-. The number of nitriles is 1. The molecule has 0 spiro atoms. The fraction of sp³-hybridized carbons (Fsp3) is 0.444. The number of carbonyl (C=O) groups excluding carboxylic acids is 1. The van der Waals surface area contributed by atoms with Crippen molar-refractivity contribution >= 4 is 6.29 Å². The van der Waals surface area contributed by atoms with E-state index >= 15 is 0 Å². The summed E-state index contributed by atoms with van der Waals surface area (Å²) in [4.78, 5) is 10.2. The summed E-state index contributed by atoms with van der Waals surface area (Å²) in [5.74, 6) is 1.46. The Labute approximate surface area is 121 Å². The predicted octanol–water partition coefficient (Wildman–Crippen LogP) is 4.37. The minimum absolute atomic E-state index is 0.657. The first-order chi connectivity index (χ1) is 9.83. The van der Waals surface area contributed by atoms with Crippen LogP contribution in [0.1, 0.15) is 55.6 Å². The summed E-state index contributed by atoms with van der Waals surface area (Å²) in [6.45, 7) is 0. The van der Waals surface area contributed by atoms with Gasteiger partial charge in [-0.05, 0) is 74.1 Å². The summed E-state index contributed by atoms with van der Waals surface area (Å²) >= 11 is 0. The van der Waals surface area contributed by atoms with E-state index in [0.29, 0.717) is 5.92 Å². The van der Waals surface area contributed by atoms with E-state index in [2.05, 4.69) is 18.2 Å². The third-order valence-electron chi connectivity index (χ3n) is 4.31. The van der Waals surface area contributed by atoms with E-state index in [9.17, 15) is 4.79 Å². The molecule has 0 radical (unpaired) electrons. The van der Waals surface area contributed by atoms with Crippen molar-refractivity contribution in [3.8, 4) is 6.07 Å². The van der Waals surface area contributed by atoms with Gasteiger partial charge in [0.2, 0.25) is 0 Å². The van der Waals surface area contributed by atoms with Crippen LogP contribution < -0.4 is 0 Å². The van der Waals surface area contributed by atoms with Crippen LogP contribution in [0.25, 0.3) is 0 Å². The zero-order valence-electron chi connectivity index (χ0n) is 11.8.